The summed E-state index contributed by atoms with van der Waals surface area (Å²) >= 11 is 0. The molecule has 1 aliphatic heterocycles. The van der Waals surface area contributed by atoms with Gasteiger partial charge in [-0.1, -0.05) is 0 Å². The first-order valence-electron chi connectivity index (χ1n) is 8.25. The summed E-state index contributed by atoms with van der Waals surface area (Å²) in [5.41, 5.74) is 3.29. The molecule has 1 aromatic carbocycles. The molecule has 2 heterocycles. The lowest BCUT2D eigenvalue weighted by Crippen LogP contribution is -2.29. The topological polar surface area (TPSA) is 41.3 Å². The van der Waals surface area contributed by atoms with Crippen LogP contribution in [0, 0.1) is 25.5 Å². The first-order chi connectivity index (χ1) is 11.4. The zero-order valence-electron chi connectivity index (χ0n) is 14.3. The Hall–Kier alpha value is -1.79. The molecular formula is C18H23F2N3O. The molecule has 0 aliphatic carbocycles. The van der Waals surface area contributed by atoms with Crippen LogP contribution in [-0.4, -0.2) is 32.9 Å². The highest BCUT2D eigenvalue weighted by Gasteiger charge is 2.32. The van der Waals surface area contributed by atoms with E-state index in [-0.39, 0.29) is 18.2 Å². The summed E-state index contributed by atoms with van der Waals surface area (Å²) in [6, 6.07) is 3.35. The summed E-state index contributed by atoms with van der Waals surface area (Å²) in [4.78, 5) is 2.14. The Morgan fingerprint density at radius 1 is 1.33 bits per heavy atom. The molecule has 1 aromatic heterocycles. The van der Waals surface area contributed by atoms with Gasteiger partial charge in [0.2, 0.25) is 0 Å². The van der Waals surface area contributed by atoms with Gasteiger partial charge < -0.3 is 5.11 Å². The maximum Gasteiger partial charge on any atom is 0.129 e. The van der Waals surface area contributed by atoms with Crippen LogP contribution in [0.4, 0.5) is 8.78 Å². The summed E-state index contributed by atoms with van der Waals surface area (Å²) < 4.78 is 29.1. The normalized spacial score (nSPS) is 19.8. The number of aryl methyl sites for hydroxylation is 2. The molecule has 0 radical (unpaired) electrons. The minimum Gasteiger partial charge on any atom is -0.387 e. The Balaban J connectivity index is 1.82. The van der Waals surface area contributed by atoms with E-state index < -0.39 is 17.7 Å². The predicted octanol–water partition coefficient (Wildman–Crippen LogP) is 3.19. The fraction of sp³-hybridized carbons (Fsp3) is 0.500. The van der Waals surface area contributed by atoms with Gasteiger partial charge >= 0.3 is 0 Å². The van der Waals surface area contributed by atoms with Crippen molar-refractivity contribution in [1.29, 1.82) is 0 Å². The quantitative estimate of drug-likeness (QED) is 0.933. The molecule has 0 saturated carbocycles. The highest BCUT2D eigenvalue weighted by atomic mass is 19.1. The minimum atomic E-state index is -1.06. The van der Waals surface area contributed by atoms with Crippen molar-refractivity contribution >= 4 is 0 Å². The Kier molecular flexibility index (Phi) is 4.69. The van der Waals surface area contributed by atoms with Gasteiger partial charge in [-0.2, -0.15) is 5.10 Å². The molecule has 0 unspecified atom stereocenters. The van der Waals surface area contributed by atoms with Crippen molar-refractivity contribution in [2.75, 3.05) is 13.1 Å². The van der Waals surface area contributed by atoms with Gasteiger partial charge in [0.15, 0.2) is 0 Å². The van der Waals surface area contributed by atoms with Gasteiger partial charge in [-0.3, -0.25) is 9.58 Å². The van der Waals surface area contributed by atoms with Crippen molar-refractivity contribution in [3.05, 3.63) is 52.3 Å². The van der Waals surface area contributed by atoms with Crippen LogP contribution in [-0.2, 0) is 7.05 Å². The van der Waals surface area contributed by atoms with Crippen molar-refractivity contribution in [3.63, 3.8) is 0 Å². The zero-order valence-corrected chi connectivity index (χ0v) is 14.3. The molecule has 0 spiro atoms. The highest BCUT2D eigenvalue weighted by molar-refractivity contribution is 5.29. The number of aliphatic hydroxyl groups excluding tert-OH is 1. The fourth-order valence-corrected chi connectivity index (χ4v) is 3.73. The number of aromatic nitrogens is 2. The van der Waals surface area contributed by atoms with Crippen LogP contribution in [0.2, 0.25) is 0 Å². The van der Waals surface area contributed by atoms with Crippen LogP contribution in [0.25, 0.3) is 0 Å². The van der Waals surface area contributed by atoms with Gasteiger partial charge in [-0.05, 0) is 51.4 Å². The number of nitrogens with zero attached hydrogens (tertiary/aromatic N) is 3. The molecule has 130 valence electrons. The summed E-state index contributed by atoms with van der Waals surface area (Å²) in [6.07, 6.45) is 0.932. The lowest BCUT2D eigenvalue weighted by atomic mass is 10.0. The summed E-state index contributed by atoms with van der Waals surface area (Å²) in [7, 11) is 1.92. The molecule has 6 heteroatoms. The molecule has 3 rings (SSSR count). The molecule has 0 bridgehead atoms. The molecule has 1 aliphatic rings. The van der Waals surface area contributed by atoms with Crippen molar-refractivity contribution < 1.29 is 13.9 Å². The third-order valence-electron chi connectivity index (χ3n) is 4.99. The minimum absolute atomic E-state index is 0.0141. The molecule has 24 heavy (non-hydrogen) atoms. The number of likely N-dealkylation sites (tertiary alicyclic amines) is 1. The highest BCUT2D eigenvalue weighted by Crippen LogP contribution is 2.36. The van der Waals surface area contributed by atoms with E-state index in [2.05, 4.69) is 10.00 Å². The van der Waals surface area contributed by atoms with E-state index in [1.807, 2.05) is 25.6 Å². The van der Waals surface area contributed by atoms with E-state index >= 15 is 0 Å². The van der Waals surface area contributed by atoms with Gasteiger partial charge in [0.1, 0.15) is 11.6 Å². The third-order valence-corrected chi connectivity index (χ3v) is 4.99. The molecule has 1 N–H and O–H groups in total. The van der Waals surface area contributed by atoms with E-state index in [9.17, 15) is 13.9 Å². The van der Waals surface area contributed by atoms with Gasteiger partial charge in [-0.15, -0.1) is 0 Å². The maximum atomic E-state index is 13.9. The van der Waals surface area contributed by atoms with Crippen LogP contribution in [0.15, 0.2) is 18.2 Å². The maximum absolute atomic E-state index is 13.9. The average molecular weight is 335 g/mol. The molecule has 4 nitrogen and oxygen atoms in total. The Morgan fingerprint density at radius 2 is 2.08 bits per heavy atom. The zero-order chi connectivity index (χ0) is 17.4. The molecular weight excluding hydrogens is 312 g/mol. The van der Waals surface area contributed by atoms with Crippen LogP contribution in [0.1, 0.15) is 47.5 Å². The number of aliphatic hydroxyl groups is 1. The second-order valence-corrected chi connectivity index (χ2v) is 6.54. The first-order valence-corrected chi connectivity index (χ1v) is 8.25. The smallest absolute Gasteiger partial charge is 0.129 e. The van der Waals surface area contributed by atoms with Crippen LogP contribution < -0.4 is 0 Å². The van der Waals surface area contributed by atoms with E-state index in [4.69, 9.17) is 0 Å². The van der Waals surface area contributed by atoms with E-state index in [0.29, 0.717) is 0 Å². The number of rotatable bonds is 4. The number of β-amino-alcohol motifs (C(OH)–C–C–N with tert-alkyl or cyclic N) is 1. The van der Waals surface area contributed by atoms with E-state index in [1.165, 1.54) is 5.56 Å². The van der Waals surface area contributed by atoms with E-state index in [0.717, 1.165) is 49.0 Å². The van der Waals surface area contributed by atoms with Crippen molar-refractivity contribution in [2.24, 2.45) is 7.05 Å². The van der Waals surface area contributed by atoms with Crippen molar-refractivity contribution in [1.82, 2.24) is 14.7 Å². The number of hydrogen-bond donors (Lipinski definition) is 1. The molecule has 2 aromatic rings. The molecule has 0 amide bonds. The number of halogens is 2. The summed E-state index contributed by atoms with van der Waals surface area (Å²) in [5, 5.41) is 14.9. The monoisotopic (exact) mass is 335 g/mol. The lowest BCUT2D eigenvalue weighted by molar-refractivity contribution is 0.103. The Morgan fingerprint density at radius 3 is 2.75 bits per heavy atom. The SMILES string of the molecule is Cc1nn(C)c(C)c1[C@@H]1CCCN1C[C@H](O)c1cc(F)ccc1F. The second-order valence-electron chi connectivity index (χ2n) is 6.54. The van der Waals surface area contributed by atoms with Gasteiger partial charge in [0, 0.05) is 36.5 Å². The third kappa shape index (κ3) is 3.08. The van der Waals surface area contributed by atoms with Gasteiger partial charge in [0.25, 0.3) is 0 Å². The second kappa shape index (κ2) is 6.61. The molecule has 2 atom stereocenters. The largest absolute Gasteiger partial charge is 0.387 e. The van der Waals surface area contributed by atoms with Crippen LogP contribution >= 0.6 is 0 Å². The average Bonchev–Trinajstić information content (AvgIpc) is 3.06. The van der Waals surface area contributed by atoms with Crippen molar-refractivity contribution in [2.45, 2.75) is 38.8 Å². The Labute approximate surface area is 140 Å². The first kappa shape index (κ1) is 17.0. The number of benzene rings is 1. The Bertz CT molecular complexity index is 744. The van der Waals surface area contributed by atoms with Crippen molar-refractivity contribution in [3.8, 4) is 0 Å². The molecule has 1 fully saturated rings. The van der Waals surface area contributed by atoms with E-state index in [1.54, 1.807) is 0 Å². The fourth-order valence-electron chi connectivity index (χ4n) is 3.73. The summed E-state index contributed by atoms with van der Waals surface area (Å²) in [5.74, 6) is -1.12. The number of hydrogen-bond acceptors (Lipinski definition) is 3. The standard InChI is InChI=1S/C18H23F2N3O/c1-11-18(12(2)22(3)21-11)16-5-4-8-23(16)10-17(24)14-9-13(19)6-7-15(14)20/h6-7,9,16-17,24H,4-5,8,10H2,1-3H3/t16-,17-/m0/s1. The lowest BCUT2D eigenvalue weighted by Gasteiger charge is -2.27. The molecule has 1 saturated heterocycles. The van der Waals surface area contributed by atoms with Crippen LogP contribution in [0.3, 0.4) is 0 Å². The summed E-state index contributed by atoms with van der Waals surface area (Å²) in [6.45, 7) is 5.13. The van der Waals surface area contributed by atoms with Crippen LogP contribution in [0.5, 0.6) is 0 Å². The van der Waals surface area contributed by atoms with Gasteiger partial charge in [-0.25, -0.2) is 8.78 Å². The van der Waals surface area contributed by atoms with Gasteiger partial charge in [0.05, 0.1) is 11.8 Å². The predicted molar refractivity (Wildman–Crippen MR) is 87.5 cm³/mol.